The van der Waals surface area contributed by atoms with Gasteiger partial charge < -0.3 is 23.4 Å². The lowest BCUT2D eigenvalue weighted by molar-refractivity contribution is -1.02. The monoisotopic (exact) mass is 1130 g/mol. The average Bonchev–Trinajstić information content (AvgIpc) is 3.24. The molecule has 0 radical (unpaired) electrons. The number of alkyl halides is 24. The summed E-state index contributed by atoms with van der Waals surface area (Å²) < 4.78 is 352. The van der Waals surface area contributed by atoms with E-state index in [9.17, 15) is 92.2 Å². The second-order valence-corrected chi connectivity index (χ2v) is 16.0. The predicted molar refractivity (Wildman–Crippen MR) is 214 cm³/mol. The smallest absolute Gasteiger partial charge is 0.490 e. The van der Waals surface area contributed by atoms with Gasteiger partial charge in [-0.15, -0.1) is 6.07 Å². The zero-order valence-electron chi connectivity index (χ0n) is 38.9. The maximum Gasteiger partial charge on any atom is 0.864 e. The minimum Gasteiger partial charge on any atom is -0.490 e. The summed E-state index contributed by atoms with van der Waals surface area (Å²) in [5.41, 5.74) is -19.4. The molecule has 0 aliphatic carbocycles. The Bertz CT molecular complexity index is 2370. The van der Waals surface area contributed by atoms with Crippen LogP contribution < -0.4 is 14.0 Å². The number of rotatable bonds is 15. The van der Waals surface area contributed by atoms with Gasteiger partial charge in [0.15, 0.2) is 6.23 Å². The topological polar surface area (TPSA) is 46.2 Å². The van der Waals surface area contributed by atoms with Crippen LogP contribution in [0.25, 0.3) is 0 Å². The Morgan fingerprint density at radius 1 is 0.440 bits per heavy atom. The fourth-order valence-corrected chi connectivity index (χ4v) is 7.32. The van der Waals surface area contributed by atoms with E-state index in [1.165, 1.54) is 41.8 Å². The molecular weight excluding hydrogens is 1090 g/mol. The van der Waals surface area contributed by atoms with Gasteiger partial charge in [-0.3, -0.25) is 4.48 Å². The molecule has 31 heteroatoms. The molecule has 0 aliphatic heterocycles. The minimum atomic E-state index is -5.79. The molecule has 0 aliphatic rings. The van der Waals surface area contributed by atoms with E-state index >= 15 is 13.2 Å². The first-order valence-corrected chi connectivity index (χ1v) is 20.9. The Labute approximate surface area is 409 Å². The zero-order chi connectivity index (χ0) is 57.9. The quantitative estimate of drug-likeness (QED) is 0.0390. The molecule has 0 spiro atoms. The van der Waals surface area contributed by atoms with Gasteiger partial charge in [0.2, 0.25) is 5.72 Å². The summed E-state index contributed by atoms with van der Waals surface area (Å²) in [5, 5.41) is 0. The molecule has 0 N–H and O–H groups in total. The molecule has 0 aromatic heterocycles. The third kappa shape index (κ3) is 16.0. The number of quaternary nitrogens is 1. The fraction of sp³-hybridized carbons (Fsp3) is 0.455. The number of benzene rings is 4. The molecule has 4 rings (SSSR count). The molecule has 75 heavy (non-hydrogen) atoms. The van der Waals surface area contributed by atoms with Crippen molar-refractivity contribution in [1.82, 2.24) is 0 Å². The molecule has 6 nitrogen and oxygen atoms in total. The average molecular weight is 1130 g/mol. The van der Waals surface area contributed by atoms with E-state index in [-0.39, 0.29) is 55.5 Å². The highest BCUT2D eigenvalue weighted by atomic mass is 19.4. The van der Waals surface area contributed by atoms with E-state index in [1.807, 2.05) is 0 Å². The number of nitrogens with zero attached hydrogens (tertiary/aromatic N) is 1. The van der Waals surface area contributed by atoms with E-state index in [1.54, 1.807) is 6.07 Å². The molecule has 4 aromatic rings. The van der Waals surface area contributed by atoms with Crippen LogP contribution in [0, 0.1) is 6.07 Å². The van der Waals surface area contributed by atoms with Gasteiger partial charge >= 0.3 is 56.7 Å². The lowest BCUT2D eigenvalue weighted by Crippen LogP contribution is -2.64. The summed E-state index contributed by atoms with van der Waals surface area (Å²) in [6.07, 6.45) is -45.3. The van der Waals surface area contributed by atoms with Crippen molar-refractivity contribution in [3.05, 3.63) is 123 Å². The van der Waals surface area contributed by atoms with Crippen LogP contribution in [0.5, 0.6) is 17.2 Å². The Hall–Kier alpha value is -5.46. The van der Waals surface area contributed by atoms with Crippen LogP contribution in [0.3, 0.4) is 0 Å². The Morgan fingerprint density at radius 3 is 1.08 bits per heavy atom. The molecule has 0 saturated heterocycles. The normalized spacial score (nSPS) is 14.6. The van der Waals surface area contributed by atoms with Crippen molar-refractivity contribution in [2.45, 2.75) is 102 Å². The van der Waals surface area contributed by atoms with Crippen LogP contribution in [0.15, 0.2) is 66.7 Å². The van der Waals surface area contributed by atoms with Crippen molar-refractivity contribution < 1.29 is 133 Å². The van der Waals surface area contributed by atoms with Gasteiger partial charge in [-0.25, -0.2) is 0 Å². The highest BCUT2D eigenvalue weighted by molar-refractivity contribution is 6.39. The number of hydrogen-bond acceptors (Lipinski definition) is 5. The van der Waals surface area contributed by atoms with E-state index in [2.05, 4.69) is 0 Å². The van der Waals surface area contributed by atoms with Crippen molar-refractivity contribution in [1.29, 1.82) is 0 Å². The summed E-state index contributed by atoms with van der Waals surface area (Å²) >= 11 is 0. The minimum absolute atomic E-state index is 0.0170. The van der Waals surface area contributed by atoms with Gasteiger partial charge in [0.05, 0.1) is 66.3 Å². The van der Waals surface area contributed by atoms with Crippen molar-refractivity contribution in [2.24, 2.45) is 0 Å². The standard InChI is InChI=1S/C36H35BF18NO5.C8H3F6/c1-7-28(57-9-3)56(5,6)30(8-2,58-10-4)29-26(36(53,54)55)17-23(35(50,51)52)18-27(29)61-37(59-24-13-19(31(38,39)40)11-20(14-24)32(41,42)43)60-25-15-21(33(44,45)46)12-22(16-25)34(47,48)49;9-7(10,11)5-2-1-3-6(4-5)8(12,13)14/h11-18,28H,7-10H2,1-6H3;2-4H/q+1;-1. The van der Waals surface area contributed by atoms with Gasteiger partial charge in [0.1, 0.15) is 17.2 Å². The zero-order valence-corrected chi connectivity index (χ0v) is 38.9. The van der Waals surface area contributed by atoms with E-state index < -0.39 is 166 Å². The Morgan fingerprint density at radius 2 is 0.787 bits per heavy atom. The number of halogens is 24. The maximum absolute atomic E-state index is 15.2. The van der Waals surface area contributed by atoms with Crippen LogP contribution >= 0.6 is 0 Å². The van der Waals surface area contributed by atoms with Crippen molar-refractivity contribution in [2.75, 3.05) is 27.3 Å². The van der Waals surface area contributed by atoms with E-state index in [0.29, 0.717) is 12.1 Å². The van der Waals surface area contributed by atoms with Gasteiger partial charge in [-0.05, 0) is 62.4 Å². The first-order chi connectivity index (χ1) is 33.8. The van der Waals surface area contributed by atoms with Gasteiger partial charge in [-0.2, -0.15) is 124 Å². The molecule has 0 amide bonds. The lowest BCUT2D eigenvalue weighted by atomic mass is 9.87. The van der Waals surface area contributed by atoms with Crippen molar-refractivity contribution in [3.63, 3.8) is 0 Å². The highest BCUT2D eigenvalue weighted by Crippen LogP contribution is 2.52. The second kappa shape index (κ2) is 22.6. The maximum atomic E-state index is 15.2. The van der Waals surface area contributed by atoms with Crippen molar-refractivity contribution >= 4 is 7.32 Å². The summed E-state index contributed by atoms with van der Waals surface area (Å²) in [4.78, 5) is 0. The van der Waals surface area contributed by atoms with Crippen LogP contribution in [-0.4, -0.2) is 45.3 Å². The summed E-state index contributed by atoms with van der Waals surface area (Å²) in [5.74, 6) is -4.92. The SMILES string of the molecule is CCOC(CC)[N+](C)(C)C(CC)(OCC)c1c(OB(Oc2cc(C(F)(F)F)cc(C(F)(F)F)c2)Oc2cc(C(F)(F)F)cc(C(F)(F)F)c2)cc(C(F)(F)F)cc1C(F)(F)F.FC(F)(F)c1c[c-]cc(C(F)(F)F)c1. The third-order valence-electron chi connectivity index (χ3n) is 10.6. The van der Waals surface area contributed by atoms with Gasteiger partial charge in [-0.1, -0.05) is 25.0 Å². The molecule has 420 valence electrons. The highest BCUT2D eigenvalue weighted by Gasteiger charge is 2.58. The molecule has 0 fully saturated rings. The summed E-state index contributed by atoms with van der Waals surface area (Å²) in [6.45, 7) is 4.86. The molecule has 2 atom stereocenters. The fourth-order valence-electron chi connectivity index (χ4n) is 7.32. The first kappa shape index (κ1) is 63.8. The van der Waals surface area contributed by atoms with Crippen LogP contribution in [0.1, 0.15) is 90.6 Å². The molecule has 0 heterocycles. The lowest BCUT2D eigenvalue weighted by Gasteiger charge is -2.52. The van der Waals surface area contributed by atoms with E-state index in [0.717, 1.165) is 0 Å². The largest absolute Gasteiger partial charge is 0.864 e. The second-order valence-electron chi connectivity index (χ2n) is 16.0. The van der Waals surface area contributed by atoms with Crippen molar-refractivity contribution in [3.8, 4) is 17.2 Å². The van der Waals surface area contributed by atoms with E-state index in [4.69, 9.17) is 23.4 Å². The molecular formula is C44H38BF24NO5. The van der Waals surface area contributed by atoms with Gasteiger partial charge in [0, 0.05) is 12.8 Å². The van der Waals surface area contributed by atoms with Gasteiger partial charge in [0.25, 0.3) is 0 Å². The Kier molecular flexibility index (Phi) is 19.3. The Balaban J connectivity index is 0.000000910. The predicted octanol–water partition coefficient (Wildman–Crippen LogP) is 16.3. The molecule has 0 saturated carbocycles. The molecule has 2 unspecified atom stereocenters. The number of ether oxygens (including phenoxy) is 2. The molecule has 0 bridgehead atoms. The van der Waals surface area contributed by atoms with Crippen LogP contribution in [0.4, 0.5) is 105 Å². The number of hydrogen-bond donors (Lipinski definition) is 0. The molecule has 4 aromatic carbocycles. The van der Waals surface area contributed by atoms with Crippen LogP contribution in [-0.2, 0) is 64.6 Å². The third-order valence-corrected chi connectivity index (χ3v) is 10.6. The van der Waals surface area contributed by atoms with Crippen LogP contribution in [0.2, 0.25) is 0 Å². The summed E-state index contributed by atoms with van der Waals surface area (Å²) in [6, 6.07) is 0.645. The summed E-state index contributed by atoms with van der Waals surface area (Å²) in [7, 11) is -0.909. The first-order valence-electron chi connectivity index (χ1n) is 20.9.